The van der Waals surface area contributed by atoms with Crippen LogP contribution in [0.1, 0.15) is 50.5 Å². The van der Waals surface area contributed by atoms with Gasteiger partial charge in [0, 0.05) is 30.7 Å². The number of fused-ring (bicyclic) bond motifs is 2. The highest BCUT2D eigenvalue weighted by Crippen LogP contribution is 2.27. The summed E-state index contributed by atoms with van der Waals surface area (Å²) in [5, 5.41) is 5.33. The molecule has 11 heteroatoms. The van der Waals surface area contributed by atoms with Crippen LogP contribution in [0.4, 0.5) is 10.6 Å². The van der Waals surface area contributed by atoms with Crippen molar-refractivity contribution in [2.45, 2.75) is 52.9 Å². The minimum atomic E-state index is -0.697. The van der Waals surface area contributed by atoms with Crippen LogP contribution >= 0.6 is 0 Å². The smallest absolute Gasteiger partial charge is 0.415 e. The van der Waals surface area contributed by atoms with Crippen LogP contribution < -0.4 is 10.6 Å². The molecule has 4 rings (SSSR count). The lowest BCUT2D eigenvalue weighted by atomic mass is 10.2. The molecule has 38 heavy (non-hydrogen) atoms. The lowest BCUT2D eigenvalue weighted by molar-refractivity contribution is 0.0527. The van der Waals surface area contributed by atoms with Gasteiger partial charge in [0.2, 0.25) is 0 Å². The fourth-order valence-corrected chi connectivity index (χ4v) is 3.90. The molecule has 0 saturated heterocycles. The van der Waals surface area contributed by atoms with Crippen LogP contribution in [0.5, 0.6) is 0 Å². The number of carbonyl (C=O) groups is 2. The van der Waals surface area contributed by atoms with E-state index in [4.69, 9.17) is 24.9 Å². The van der Waals surface area contributed by atoms with E-state index < -0.39 is 17.7 Å². The van der Waals surface area contributed by atoms with Gasteiger partial charge in [0.25, 0.3) is 0 Å². The van der Waals surface area contributed by atoms with Crippen LogP contribution in [0.3, 0.4) is 0 Å². The molecule has 0 bridgehead atoms. The van der Waals surface area contributed by atoms with E-state index in [2.05, 4.69) is 5.10 Å². The SMILES string of the molecule is CCOC(=O)c1cnn2c(N(C)C(=O)OC(C)(C)C)cc(-n3ccc4ccc(COC[C@@H](C)N)cc43)nc12. The van der Waals surface area contributed by atoms with Gasteiger partial charge < -0.3 is 24.5 Å². The molecular weight excluding hydrogens is 488 g/mol. The number of esters is 1. The molecular formula is C27H34N6O5. The minimum absolute atomic E-state index is 0.0526. The first-order chi connectivity index (χ1) is 18.0. The Morgan fingerprint density at radius 3 is 2.63 bits per heavy atom. The minimum Gasteiger partial charge on any atom is -0.462 e. The van der Waals surface area contributed by atoms with Gasteiger partial charge in [-0.25, -0.2) is 14.6 Å². The fourth-order valence-electron chi connectivity index (χ4n) is 3.90. The van der Waals surface area contributed by atoms with Crippen molar-refractivity contribution in [1.82, 2.24) is 19.2 Å². The third-order valence-electron chi connectivity index (χ3n) is 5.60. The number of ether oxygens (including phenoxy) is 3. The van der Waals surface area contributed by atoms with Gasteiger partial charge in [-0.1, -0.05) is 12.1 Å². The van der Waals surface area contributed by atoms with Gasteiger partial charge in [-0.15, -0.1) is 0 Å². The number of hydrogen-bond acceptors (Lipinski definition) is 8. The Morgan fingerprint density at radius 2 is 1.95 bits per heavy atom. The van der Waals surface area contributed by atoms with Crippen LogP contribution in [0, 0.1) is 0 Å². The summed E-state index contributed by atoms with van der Waals surface area (Å²) in [5.41, 5.74) is 7.40. The van der Waals surface area contributed by atoms with Crippen LogP contribution in [0.25, 0.3) is 22.4 Å². The average molecular weight is 523 g/mol. The van der Waals surface area contributed by atoms with E-state index in [0.29, 0.717) is 24.8 Å². The molecule has 0 spiro atoms. The van der Waals surface area contributed by atoms with Crippen LogP contribution in [0.2, 0.25) is 0 Å². The van der Waals surface area contributed by atoms with Crippen molar-refractivity contribution in [3.63, 3.8) is 0 Å². The maximum Gasteiger partial charge on any atom is 0.415 e. The standard InChI is InChI=1S/C27H34N6O5/c1-7-37-25(34)20-14-29-33-23(31(6)26(35)38-27(3,4)5)13-22(30-24(20)33)32-11-10-19-9-8-18(12-21(19)32)16-36-15-17(2)28/h8-14,17H,7,15-16,28H2,1-6H3/t17-/m1/s1. The number of anilines is 1. The Hall–Kier alpha value is -3.96. The predicted molar refractivity (Wildman–Crippen MR) is 144 cm³/mol. The molecule has 2 N–H and O–H groups in total. The molecule has 11 nitrogen and oxygen atoms in total. The highest BCUT2D eigenvalue weighted by atomic mass is 16.6. The monoisotopic (exact) mass is 522 g/mol. The number of nitrogens with two attached hydrogens (primary N) is 1. The van der Waals surface area contributed by atoms with E-state index in [1.165, 1.54) is 15.6 Å². The summed E-state index contributed by atoms with van der Waals surface area (Å²) in [6.07, 6.45) is 2.70. The second-order valence-corrected chi connectivity index (χ2v) is 10.1. The van der Waals surface area contributed by atoms with E-state index in [0.717, 1.165) is 16.5 Å². The first-order valence-corrected chi connectivity index (χ1v) is 12.4. The Kier molecular flexibility index (Phi) is 7.70. The normalized spacial score (nSPS) is 12.6. The Bertz CT molecular complexity index is 1470. The molecule has 0 fully saturated rings. The first-order valence-electron chi connectivity index (χ1n) is 12.4. The predicted octanol–water partition coefficient (Wildman–Crippen LogP) is 4.09. The zero-order valence-electron chi connectivity index (χ0n) is 22.6. The molecule has 3 heterocycles. The Balaban J connectivity index is 1.84. The molecule has 0 saturated carbocycles. The van der Waals surface area contributed by atoms with Crippen molar-refractivity contribution in [1.29, 1.82) is 0 Å². The number of rotatable bonds is 8. The summed E-state index contributed by atoms with van der Waals surface area (Å²) >= 11 is 0. The summed E-state index contributed by atoms with van der Waals surface area (Å²) in [6.45, 7) is 10.1. The van der Waals surface area contributed by atoms with E-state index >= 15 is 0 Å². The van der Waals surface area contributed by atoms with Crippen LogP contribution in [-0.2, 0) is 20.8 Å². The maximum absolute atomic E-state index is 13.0. The lowest BCUT2D eigenvalue weighted by Gasteiger charge is -2.25. The molecule has 0 aliphatic heterocycles. The van der Waals surface area contributed by atoms with Gasteiger partial charge in [0.1, 0.15) is 22.8 Å². The van der Waals surface area contributed by atoms with Crippen LogP contribution in [0.15, 0.2) is 42.7 Å². The van der Waals surface area contributed by atoms with Gasteiger partial charge in [-0.2, -0.15) is 9.61 Å². The molecule has 1 atom stereocenters. The van der Waals surface area contributed by atoms with Crippen molar-refractivity contribution in [3.05, 3.63) is 53.9 Å². The molecule has 1 aromatic carbocycles. The quantitative estimate of drug-likeness (QED) is 0.343. The average Bonchev–Trinajstić information content (AvgIpc) is 3.46. The van der Waals surface area contributed by atoms with Gasteiger partial charge in [-0.3, -0.25) is 4.90 Å². The van der Waals surface area contributed by atoms with E-state index in [-0.39, 0.29) is 23.9 Å². The van der Waals surface area contributed by atoms with Crippen molar-refractivity contribution in [3.8, 4) is 5.82 Å². The fraction of sp³-hybridized carbons (Fsp3) is 0.407. The van der Waals surface area contributed by atoms with Crippen molar-refractivity contribution in [2.75, 3.05) is 25.2 Å². The number of aromatic nitrogens is 4. The van der Waals surface area contributed by atoms with Crippen molar-refractivity contribution >= 4 is 34.4 Å². The molecule has 0 radical (unpaired) electrons. The zero-order valence-corrected chi connectivity index (χ0v) is 22.6. The second-order valence-electron chi connectivity index (χ2n) is 10.1. The van der Waals surface area contributed by atoms with Gasteiger partial charge in [-0.05, 0) is 52.3 Å². The zero-order chi connectivity index (χ0) is 27.6. The Labute approximate surface area is 221 Å². The highest BCUT2D eigenvalue weighted by molar-refractivity contribution is 5.97. The van der Waals surface area contributed by atoms with Gasteiger partial charge in [0.05, 0.1) is 31.5 Å². The summed E-state index contributed by atoms with van der Waals surface area (Å²) in [7, 11) is 1.58. The number of benzene rings is 1. The molecule has 202 valence electrons. The van der Waals surface area contributed by atoms with Gasteiger partial charge >= 0.3 is 12.1 Å². The molecule has 0 unspecified atom stereocenters. The molecule has 0 aliphatic carbocycles. The molecule has 3 aromatic heterocycles. The van der Waals surface area contributed by atoms with Crippen LogP contribution in [-0.4, -0.2) is 63.1 Å². The number of nitrogens with zero attached hydrogens (tertiary/aromatic N) is 5. The van der Waals surface area contributed by atoms with E-state index in [1.807, 2.05) is 42.0 Å². The number of carbonyl (C=O) groups excluding carboxylic acids is 2. The molecule has 0 aliphatic rings. The number of amides is 1. The topological polar surface area (TPSA) is 126 Å². The Morgan fingerprint density at radius 1 is 1.18 bits per heavy atom. The summed E-state index contributed by atoms with van der Waals surface area (Å²) in [5.74, 6) is 0.301. The van der Waals surface area contributed by atoms with Gasteiger partial charge in [0.15, 0.2) is 5.65 Å². The third-order valence-corrected chi connectivity index (χ3v) is 5.60. The van der Waals surface area contributed by atoms with Crippen molar-refractivity contribution < 1.29 is 23.8 Å². The third kappa shape index (κ3) is 5.79. The largest absolute Gasteiger partial charge is 0.462 e. The van der Waals surface area contributed by atoms with Crippen molar-refractivity contribution in [2.24, 2.45) is 5.73 Å². The lowest BCUT2D eigenvalue weighted by Crippen LogP contribution is -2.35. The summed E-state index contributed by atoms with van der Waals surface area (Å²) < 4.78 is 19.8. The maximum atomic E-state index is 13.0. The van der Waals surface area contributed by atoms with E-state index in [9.17, 15) is 9.59 Å². The second kappa shape index (κ2) is 10.8. The summed E-state index contributed by atoms with van der Waals surface area (Å²) in [6, 6.07) is 9.66. The molecule has 1 amide bonds. The first kappa shape index (κ1) is 27.1. The molecule has 4 aromatic rings. The van der Waals surface area contributed by atoms with E-state index in [1.54, 1.807) is 40.8 Å². The highest BCUT2D eigenvalue weighted by Gasteiger charge is 2.26. The summed E-state index contributed by atoms with van der Waals surface area (Å²) in [4.78, 5) is 31.7. The number of hydrogen-bond donors (Lipinski definition) is 1.